The molecule has 3 rings (SSSR count). The van der Waals surface area contributed by atoms with Crippen LogP contribution in [0.1, 0.15) is 40.5 Å². The molecule has 2 aromatic carbocycles. The van der Waals surface area contributed by atoms with Crippen LogP contribution < -0.4 is 5.32 Å². The van der Waals surface area contributed by atoms with Gasteiger partial charge in [0.25, 0.3) is 5.91 Å². The number of aromatic amines is 1. The van der Waals surface area contributed by atoms with Gasteiger partial charge in [0.2, 0.25) is 0 Å². The molecule has 29 heavy (non-hydrogen) atoms. The number of allylic oxidation sites excluding steroid dienone is 2. The fourth-order valence-corrected chi connectivity index (χ4v) is 3.20. The number of nitrogens with one attached hydrogen (secondary N) is 2. The van der Waals surface area contributed by atoms with Crippen molar-refractivity contribution in [2.24, 2.45) is 4.99 Å². The summed E-state index contributed by atoms with van der Waals surface area (Å²) in [6.07, 6.45) is 5.13. The van der Waals surface area contributed by atoms with Crippen LogP contribution in [0.4, 0.5) is 0 Å². The molecular weight excluding hydrogens is 364 g/mol. The van der Waals surface area contributed by atoms with Crippen molar-refractivity contribution in [1.82, 2.24) is 15.5 Å². The second kappa shape index (κ2) is 9.80. The van der Waals surface area contributed by atoms with Crippen LogP contribution in [-0.2, 0) is 6.42 Å². The highest BCUT2D eigenvalue weighted by Gasteiger charge is 2.11. The molecule has 150 valence electrons. The van der Waals surface area contributed by atoms with E-state index in [1.54, 1.807) is 13.1 Å². The minimum Gasteiger partial charge on any atom is -0.396 e. The Morgan fingerprint density at radius 3 is 2.66 bits per heavy atom. The van der Waals surface area contributed by atoms with E-state index in [0.29, 0.717) is 24.9 Å². The number of fused-ring (bicyclic) bond motifs is 1. The van der Waals surface area contributed by atoms with E-state index < -0.39 is 0 Å². The van der Waals surface area contributed by atoms with Gasteiger partial charge in [-0.05, 0) is 48.2 Å². The molecule has 3 aromatic rings. The molecule has 1 heterocycles. The number of aliphatic imine (C=N–C) groups is 1. The number of rotatable bonds is 8. The third-order valence-electron chi connectivity index (χ3n) is 4.76. The molecule has 0 aliphatic carbocycles. The second-order valence-corrected chi connectivity index (χ2v) is 6.77. The van der Waals surface area contributed by atoms with Crippen LogP contribution in [0, 0.1) is 0 Å². The summed E-state index contributed by atoms with van der Waals surface area (Å²) in [5, 5.41) is 20.1. The number of carbonyl (C=O) groups excluding carboxylic acids is 1. The Morgan fingerprint density at radius 2 is 1.97 bits per heavy atom. The first-order valence-corrected chi connectivity index (χ1v) is 9.70. The number of H-pyrrole nitrogens is 1. The van der Waals surface area contributed by atoms with Gasteiger partial charge in [0.15, 0.2) is 0 Å². The predicted molar refractivity (Wildman–Crippen MR) is 117 cm³/mol. The summed E-state index contributed by atoms with van der Waals surface area (Å²) < 4.78 is 0. The second-order valence-electron chi connectivity index (χ2n) is 6.77. The average molecular weight is 390 g/mol. The van der Waals surface area contributed by atoms with Gasteiger partial charge in [-0.15, -0.1) is 0 Å². The molecule has 0 radical (unpaired) electrons. The summed E-state index contributed by atoms with van der Waals surface area (Å²) in [7, 11) is 1.77. The third-order valence-corrected chi connectivity index (χ3v) is 4.76. The molecule has 0 aliphatic rings. The quantitative estimate of drug-likeness (QED) is 0.407. The number of hydrogen-bond acceptors (Lipinski definition) is 4. The first-order valence-electron chi connectivity index (χ1n) is 9.70. The fourth-order valence-electron chi connectivity index (χ4n) is 3.20. The van der Waals surface area contributed by atoms with Crippen molar-refractivity contribution in [3.05, 3.63) is 70.9 Å². The molecule has 0 atom stereocenters. The summed E-state index contributed by atoms with van der Waals surface area (Å²) in [5.74, 6) is -0.145. The molecule has 6 heteroatoms. The summed E-state index contributed by atoms with van der Waals surface area (Å²) in [5.41, 5.74) is 5.75. The molecular formula is C23H26N4O2. The molecule has 1 amide bonds. The van der Waals surface area contributed by atoms with E-state index in [-0.39, 0.29) is 12.5 Å². The first-order chi connectivity index (χ1) is 14.2. The highest BCUT2D eigenvalue weighted by Crippen LogP contribution is 2.22. The van der Waals surface area contributed by atoms with Crippen LogP contribution in [0.2, 0.25) is 0 Å². The van der Waals surface area contributed by atoms with E-state index in [4.69, 9.17) is 5.11 Å². The van der Waals surface area contributed by atoms with E-state index in [0.717, 1.165) is 33.3 Å². The summed E-state index contributed by atoms with van der Waals surface area (Å²) >= 11 is 0. The Labute approximate surface area is 170 Å². The zero-order valence-corrected chi connectivity index (χ0v) is 16.8. The SMILES string of the molecule is C/C=C(\C=NC)c1ccc(Cc2[nH]nc3ccc(C(=O)NCCCO)cc23)cc1. The van der Waals surface area contributed by atoms with E-state index in [1.165, 1.54) is 0 Å². The van der Waals surface area contributed by atoms with Crippen molar-refractivity contribution in [2.45, 2.75) is 19.8 Å². The van der Waals surface area contributed by atoms with Gasteiger partial charge < -0.3 is 10.4 Å². The highest BCUT2D eigenvalue weighted by atomic mass is 16.3. The Bertz CT molecular complexity index is 1030. The third kappa shape index (κ3) is 4.97. The molecule has 0 unspecified atom stereocenters. The zero-order chi connectivity index (χ0) is 20.6. The van der Waals surface area contributed by atoms with Crippen LogP contribution in [0.15, 0.2) is 53.5 Å². The molecule has 0 saturated heterocycles. The Hall–Kier alpha value is -3.25. The van der Waals surface area contributed by atoms with Crippen molar-refractivity contribution in [1.29, 1.82) is 0 Å². The van der Waals surface area contributed by atoms with Gasteiger partial charge >= 0.3 is 0 Å². The molecule has 0 spiro atoms. The Morgan fingerprint density at radius 1 is 1.21 bits per heavy atom. The van der Waals surface area contributed by atoms with Gasteiger partial charge in [-0.3, -0.25) is 14.9 Å². The number of hydrogen-bond donors (Lipinski definition) is 3. The number of amides is 1. The highest BCUT2D eigenvalue weighted by molar-refractivity contribution is 6.09. The average Bonchev–Trinajstić information content (AvgIpc) is 3.15. The molecule has 6 nitrogen and oxygen atoms in total. The largest absolute Gasteiger partial charge is 0.396 e. The summed E-state index contributed by atoms with van der Waals surface area (Å²) in [6.45, 7) is 2.51. The minimum absolute atomic E-state index is 0.0603. The smallest absolute Gasteiger partial charge is 0.251 e. The lowest BCUT2D eigenvalue weighted by Gasteiger charge is -2.06. The van der Waals surface area contributed by atoms with Crippen molar-refractivity contribution in [2.75, 3.05) is 20.2 Å². The summed E-state index contributed by atoms with van der Waals surface area (Å²) in [6, 6.07) is 13.9. The maximum Gasteiger partial charge on any atom is 0.251 e. The van der Waals surface area contributed by atoms with Gasteiger partial charge in [0, 0.05) is 49.5 Å². The van der Waals surface area contributed by atoms with E-state index >= 15 is 0 Å². The van der Waals surface area contributed by atoms with Crippen molar-refractivity contribution >= 4 is 28.6 Å². The molecule has 0 fully saturated rings. The van der Waals surface area contributed by atoms with Crippen LogP contribution in [0.5, 0.6) is 0 Å². The standard InChI is InChI=1S/C23H26N4O2/c1-3-17(15-24-2)18-7-5-16(6-8-18)13-22-20-14-19(9-10-21(20)26-27-22)23(29)25-11-4-12-28/h3,5-10,14-15,28H,4,11-13H2,1-2H3,(H,25,29)(H,26,27)/b17-3+,24-15?. The van der Waals surface area contributed by atoms with Gasteiger partial charge in [-0.1, -0.05) is 30.3 Å². The number of carbonyl (C=O) groups is 1. The maximum atomic E-state index is 12.3. The van der Waals surface area contributed by atoms with E-state index in [1.807, 2.05) is 31.3 Å². The molecule has 0 bridgehead atoms. The van der Waals surface area contributed by atoms with Gasteiger partial charge in [0.05, 0.1) is 5.52 Å². The van der Waals surface area contributed by atoms with Crippen LogP contribution in [0.25, 0.3) is 16.5 Å². The van der Waals surface area contributed by atoms with Gasteiger partial charge in [0.1, 0.15) is 0 Å². The lowest BCUT2D eigenvalue weighted by Crippen LogP contribution is -2.24. The summed E-state index contributed by atoms with van der Waals surface area (Å²) in [4.78, 5) is 16.4. The minimum atomic E-state index is -0.145. The van der Waals surface area contributed by atoms with Crippen LogP contribution in [-0.4, -0.2) is 47.6 Å². The number of aliphatic hydroxyl groups excluding tert-OH is 1. The van der Waals surface area contributed by atoms with Crippen LogP contribution in [0.3, 0.4) is 0 Å². The molecule has 1 aromatic heterocycles. The number of benzene rings is 2. The molecule has 0 aliphatic heterocycles. The lowest BCUT2D eigenvalue weighted by molar-refractivity contribution is 0.0951. The van der Waals surface area contributed by atoms with Crippen molar-refractivity contribution < 1.29 is 9.90 Å². The molecule has 3 N–H and O–H groups in total. The topological polar surface area (TPSA) is 90.4 Å². The van der Waals surface area contributed by atoms with Crippen molar-refractivity contribution in [3.8, 4) is 0 Å². The van der Waals surface area contributed by atoms with E-state index in [2.05, 4.69) is 44.8 Å². The lowest BCUT2D eigenvalue weighted by atomic mass is 10.0. The first kappa shape index (κ1) is 20.5. The number of nitrogens with zero attached hydrogens (tertiary/aromatic N) is 2. The van der Waals surface area contributed by atoms with E-state index in [9.17, 15) is 4.79 Å². The fraction of sp³-hybridized carbons (Fsp3) is 0.261. The monoisotopic (exact) mass is 390 g/mol. The maximum absolute atomic E-state index is 12.3. The van der Waals surface area contributed by atoms with Gasteiger partial charge in [-0.25, -0.2) is 0 Å². The Balaban J connectivity index is 1.79. The Kier molecular flexibility index (Phi) is 6.92. The normalized spacial score (nSPS) is 12.0. The number of aliphatic hydroxyl groups is 1. The zero-order valence-electron chi connectivity index (χ0n) is 16.8. The van der Waals surface area contributed by atoms with Gasteiger partial charge in [-0.2, -0.15) is 5.10 Å². The molecule has 0 saturated carbocycles. The number of aromatic nitrogens is 2. The van der Waals surface area contributed by atoms with Crippen molar-refractivity contribution in [3.63, 3.8) is 0 Å². The predicted octanol–water partition coefficient (Wildman–Crippen LogP) is 3.37. The van der Waals surface area contributed by atoms with Crippen LogP contribution >= 0.6 is 0 Å².